The molecule has 0 unspecified atom stereocenters. The summed E-state index contributed by atoms with van der Waals surface area (Å²) in [6.07, 6.45) is 0. The Kier molecular flexibility index (Phi) is 6.84. The molecule has 2 aliphatic heterocycles. The number of halogens is 2. The first-order valence-electron chi connectivity index (χ1n) is 8.72. The van der Waals surface area contributed by atoms with Gasteiger partial charge >= 0.3 is 0 Å². The summed E-state index contributed by atoms with van der Waals surface area (Å²) >= 11 is 10.5. The highest BCUT2D eigenvalue weighted by Crippen LogP contribution is 2.46. The van der Waals surface area contributed by atoms with Gasteiger partial charge in [-0.3, -0.25) is 4.79 Å². The van der Waals surface area contributed by atoms with Gasteiger partial charge in [0.15, 0.2) is 26.5 Å². The molecule has 0 aromatic heterocycles. The molecule has 0 spiro atoms. The number of ether oxygens (including phenoxy) is 2. The Bertz CT molecular complexity index is 909. The van der Waals surface area contributed by atoms with Crippen molar-refractivity contribution in [1.29, 1.82) is 0 Å². The predicted octanol–water partition coefficient (Wildman–Crippen LogP) is 3.09. The molecule has 154 valence electrons. The van der Waals surface area contributed by atoms with Crippen molar-refractivity contribution in [2.24, 2.45) is 4.99 Å². The molecule has 1 aromatic rings. The lowest BCUT2D eigenvalue weighted by atomic mass is 10.2. The Morgan fingerprint density at radius 1 is 1.29 bits per heavy atom. The molecule has 2 fully saturated rings. The third kappa shape index (κ3) is 4.44. The van der Waals surface area contributed by atoms with E-state index >= 15 is 0 Å². The van der Waals surface area contributed by atoms with E-state index in [0.717, 1.165) is 0 Å². The number of anilines is 1. The van der Waals surface area contributed by atoms with Crippen LogP contribution in [0, 0.1) is 0 Å². The van der Waals surface area contributed by atoms with Crippen molar-refractivity contribution in [2.45, 2.75) is 25.1 Å². The lowest BCUT2D eigenvalue weighted by Gasteiger charge is -2.26. The monoisotopic (exact) mass is 510 g/mol. The number of amidine groups is 1. The fourth-order valence-electron chi connectivity index (χ4n) is 3.23. The molecule has 2 aliphatic rings. The maximum atomic E-state index is 12.2. The first kappa shape index (κ1) is 21.7. The van der Waals surface area contributed by atoms with Crippen LogP contribution in [0.15, 0.2) is 21.6 Å². The molecule has 0 N–H and O–H groups in total. The van der Waals surface area contributed by atoms with Crippen molar-refractivity contribution < 1.29 is 22.7 Å². The van der Waals surface area contributed by atoms with Crippen molar-refractivity contribution in [3.63, 3.8) is 0 Å². The second kappa shape index (κ2) is 8.81. The Labute approximate surface area is 181 Å². The number of benzene rings is 1. The average Bonchev–Trinajstić information content (AvgIpc) is 3.08. The van der Waals surface area contributed by atoms with Crippen molar-refractivity contribution in [2.75, 3.05) is 35.5 Å². The summed E-state index contributed by atoms with van der Waals surface area (Å²) in [4.78, 5) is 17.8. The number of carbonyl (C=O) groups excluding carboxylic acids is 1. The number of aliphatic imine (C=N–C) groups is 1. The van der Waals surface area contributed by atoms with Crippen molar-refractivity contribution in [1.82, 2.24) is 0 Å². The van der Waals surface area contributed by atoms with Crippen LogP contribution in [0.1, 0.15) is 13.8 Å². The third-order valence-electron chi connectivity index (χ3n) is 4.27. The van der Waals surface area contributed by atoms with Crippen LogP contribution in [0.25, 0.3) is 0 Å². The minimum absolute atomic E-state index is 0.00235. The molecule has 1 aromatic carbocycles. The zero-order chi connectivity index (χ0) is 20.5. The van der Waals surface area contributed by atoms with Crippen LogP contribution in [0.5, 0.6) is 11.5 Å². The SMILES string of the molecule is CCOc1cc(Br)c(N2C(=NC(=O)CCl)S[C@@H]3CS(=O)(=O)C[C@H]32)cc1OCC. The molecular weight excluding hydrogens is 492 g/mol. The van der Waals surface area contributed by atoms with Gasteiger partial charge in [0, 0.05) is 21.9 Å². The van der Waals surface area contributed by atoms with E-state index in [1.165, 1.54) is 11.8 Å². The third-order valence-corrected chi connectivity index (χ3v) is 8.35. The average molecular weight is 512 g/mol. The quantitative estimate of drug-likeness (QED) is 0.543. The molecular formula is C17H20BrClN2O5S2. The van der Waals surface area contributed by atoms with E-state index in [9.17, 15) is 13.2 Å². The van der Waals surface area contributed by atoms with Gasteiger partial charge in [-0.1, -0.05) is 11.8 Å². The van der Waals surface area contributed by atoms with Gasteiger partial charge in [-0.15, -0.1) is 11.6 Å². The van der Waals surface area contributed by atoms with Crippen molar-refractivity contribution in [3.8, 4) is 11.5 Å². The van der Waals surface area contributed by atoms with Crippen LogP contribution >= 0.6 is 39.3 Å². The molecule has 2 heterocycles. The lowest BCUT2D eigenvalue weighted by molar-refractivity contribution is -0.115. The van der Waals surface area contributed by atoms with Crippen LogP contribution in [-0.2, 0) is 14.6 Å². The smallest absolute Gasteiger partial charge is 0.262 e. The zero-order valence-electron chi connectivity index (χ0n) is 15.4. The molecule has 1 amide bonds. The summed E-state index contributed by atoms with van der Waals surface area (Å²) in [6.45, 7) is 4.67. The van der Waals surface area contributed by atoms with Crippen LogP contribution in [0.3, 0.4) is 0 Å². The molecule has 0 saturated carbocycles. The summed E-state index contributed by atoms with van der Waals surface area (Å²) in [7, 11) is -3.15. The van der Waals surface area contributed by atoms with E-state index in [1.807, 2.05) is 13.8 Å². The number of hydrogen-bond acceptors (Lipinski definition) is 6. The Morgan fingerprint density at radius 2 is 1.93 bits per heavy atom. The van der Waals surface area contributed by atoms with Gasteiger partial charge < -0.3 is 14.4 Å². The van der Waals surface area contributed by atoms with E-state index in [0.29, 0.717) is 40.0 Å². The number of nitrogens with zero attached hydrogens (tertiary/aromatic N) is 2. The molecule has 7 nitrogen and oxygen atoms in total. The predicted molar refractivity (Wildman–Crippen MR) is 116 cm³/mol. The molecule has 0 radical (unpaired) electrons. The summed E-state index contributed by atoms with van der Waals surface area (Å²) in [6, 6.07) is 3.25. The maximum absolute atomic E-state index is 12.2. The highest BCUT2D eigenvalue weighted by molar-refractivity contribution is 9.10. The topological polar surface area (TPSA) is 85.3 Å². The highest BCUT2D eigenvalue weighted by Gasteiger charge is 2.50. The zero-order valence-corrected chi connectivity index (χ0v) is 19.3. The first-order valence-corrected chi connectivity index (χ1v) is 12.7. The van der Waals surface area contributed by atoms with Gasteiger partial charge in [-0.2, -0.15) is 4.99 Å². The molecule has 2 atom stereocenters. The highest BCUT2D eigenvalue weighted by atomic mass is 79.9. The van der Waals surface area contributed by atoms with Crippen LogP contribution in [0.2, 0.25) is 0 Å². The van der Waals surface area contributed by atoms with Crippen LogP contribution in [-0.4, -0.2) is 61.4 Å². The van der Waals surface area contributed by atoms with Crippen molar-refractivity contribution in [3.05, 3.63) is 16.6 Å². The van der Waals surface area contributed by atoms with Gasteiger partial charge in [0.1, 0.15) is 5.88 Å². The standard InChI is InChI=1S/C17H20BrClN2O5S2/c1-3-25-13-5-10(18)11(6-14(13)26-4-2)21-12-8-28(23,24)9-15(12)27-17(21)20-16(22)7-19/h5-6,12,15H,3-4,7-9H2,1-2H3/t12-,15-/m1/s1. The van der Waals surface area contributed by atoms with E-state index < -0.39 is 15.7 Å². The molecule has 0 aliphatic carbocycles. The van der Waals surface area contributed by atoms with Gasteiger partial charge in [0.25, 0.3) is 5.91 Å². The normalized spacial score (nSPS) is 24.4. The molecule has 28 heavy (non-hydrogen) atoms. The fourth-order valence-corrected chi connectivity index (χ4v) is 7.73. The second-order valence-corrected chi connectivity index (χ2v) is 10.7. The number of thioether (sulfide) groups is 1. The van der Waals surface area contributed by atoms with E-state index in [4.69, 9.17) is 21.1 Å². The number of fused-ring (bicyclic) bond motifs is 1. The number of carbonyl (C=O) groups is 1. The molecule has 2 saturated heterocycles. The number of hydrogen-bond donors (Lipinski definition) is 0. The first-order chi connectivity index (χ1) is 13.3. The second-order valence-electron chi connectivity index (χ2n) is 6.21. The Morgan fingerprint density at radius 3 is 2.54 bits per heavy atom. The number of rotatable bonds is 6. The summed E-state index contributed by atoms with van der Waals surface area (Å²) < 4.78 is 36.4. The summed E-state index contributed by atoms with van der Waals surface area (Å²) in [5.41, 5.74) is 0.671. The van der Waals surface area contributed by atoms with Gasteiger partial charge in [-0.05, 0) is 29.8 Å². The van der Waals surface area contributed by atoms with Crippen molar-refractivity contribution >= 4 is 65.9 Å². The van der Waals surface area contributed by atoms with E-state index in [1.54, 1.807) is 17.0 Å². The minimum atomic E-state index is -3.15. The Hall–Kier alpha value is -0.970. The Balaban J connectivity index is 2.09. The molecule has 3 rings (SSSR count). The lowest BCUT2D eigenvalue weighted by Crippen LogP contribution is -2.38. The maximum Gasteiger partial charge on any atom is 0.262 e. The molecule has 0 bridgehead atoms. The summed E-state index contributed by atoms with van der Waals surface area (Å²) in [5, 5.41) is 0.253. The number of amides is 1. The largest absolute Gasteiger partial charge is 0.490 e. The van der Waals surface area contributed by atoms with Gasteiger partial charge in [-0.25, -0.2) is 8.42 Å². The van der Waals surface area contributed by atoms with Gasteiger partial charge in [0.05, 0.1) is 36.4 Å². The fraction of sp³-hybridized carbons (Fsp3) is 0.529. The van der Waals surface area contributed by atoms with Crippen LogP contribution < -0.4 is 14.4 Å². The van der Waals surface area contributed by atoms with Gasteiger partial charge in [0.2, 0.25) is 0 Å². The van der Waals surface area contributed by atoms with E-state index in [-0.39, 0.29) is 28.7 Å². The van der Waals surface area contributed by atoms with E-state index in [2.05, 4.69) is 20.9 Å². The number of alkyl halides is 1. The minimum Gasteiger partial charge on any atom is -0.490 e. The van der Waals surface area contributed by atoms with Crippen LogP contribution in [0.4, 0.5) is 5.69 Å². The number of sulfone groups is 1. The molecule has 11 heteroatoms. The summed E-state index contributed by atoms with van der Waals surface area (Å²) in [5.74, 6) is 0.476.